The van der Waals surface area contributed by atoms with Gasteiger partial charge in [-0.1, -0.05) is 19.3 Å². The van der Waals surface area contributed by atoms with E-state index in [9.17, 15) is 9.59 Å². The van der Waals surface area contributed by atoms with Gasteiger partial charge in [-0.05, 0) is 45.6 Å². The van der Waals surface area contributed by atoms with Crippen LogP contribution in [0.5, 0.6) is 0 Å². The molecule has 0 saturated heterocycles. The minimum Gasteiger partial charge on any atom is -0.443 e. The molecule has 1 aliphatic rings. The predicted octanol–water partition coefficient (Wildman–Crippen LogP) is 4.55. The molecule has 3 aromatic heterocycles. The number of nitrogens with zero attached hydrogens (tertiary/aromatic N) is 5. The van der Waals surface area contributed by atoms with Gasteiger partial charge in [-0.25, -0.2) is 0 Å². The topological polar surface area (TPSA) is 91.9 Å². The number of carbonyl (C=O) groups is 2. The summed E-state index contributed by atoms with van der Waals surface area (Å²) in [5.74, 6) is 0.213. The molecule has 0 spiro atoms. The molecule has 0 radical (unpaired) electrons. The van der Waals surface area contributed by atoms with Crippen molar-refractivity contribution in [1.29, 1.82) is 0 Å². The molecule has 1 aliphatic carbocycles. The third-order valence-corrected chi connectivity index (χ3v) is 6.29. The number of rotatable bonds is 7. The molecule has 1 saturated carbocycles. The monoisotopic (exact) mass is 437 g/mol. The van der Waals surface area contributed by atoms with Gasteiger partial charge in [0.15, 0.2) is 12.4 Å². The number of ether oxygens (including phenoxy) is 1. The first kappa shape index (κ1) is 22.2. The molecule has 1 atom stereocenters. The van der Waals surface area contributed by atoms with Crippen LogP contribution in [0, 0.1) is 11.3 Å². The average molecular weight is 438 g/mol. The van der Waals surface area contributed by atoms with E-state index < -0.39 is 5.41 Å². The minimum atomic E-state index is -0.565. The third kappa shape index (κ3) is 4.59. The second kappa shape index (κ2) is 9.22. The van der Waals surface area contributed by atoms with Crippen molar-refractivity contribution in [1.82, 2.24) is 24.5 Å². The lowest BCUT2D eigenvalue weighted by atomic mass is 9.83. The first-order chi connectivity index (χ1) is 15.4. The van der Waals surface area contributed by atoms with Gasteiger partial charge < -0.3 is 9.53 Å². The summed E-state index contributed by atoms with van der Waals surface area (Å²) >= 11 is 0. The standard InChI is InChI=1S/C24H31N5O3/c1-24(2,3)23(31)32-16-28-11-9-19-20(14-25-27-22(19)28)18-13-26-29(15-18)21(10-12-30)17-7-5-4-6-8-17/h9,11-15,17,21H,4-8,10,16H2,1-3H3. The van der Waals surface area contributed by atoms with E-state index in [2.05, 4.69) is 15.3 Å². The molecule has 3 heterocycles. The van der Waals surface area contributed by atoms with Crippen molar-refractivity contribution in [3.8, 4) is 11.1 Å². The lowest BCUT2D eigenvalue weighted by molar-refractivity contribution is -0.156. The zero-order valence-corrected chi connectivity index (χ0v) is 19.0. The van der Waals surface area contributed by atoms with E-state index in [0.29, 0.717) is 18.0 Å². The fourth-order valence-electron chi connectivity index (χ4n) is 4.47. The van der Waals surface area contributed by atoms with Crippen LogP contribution in [0.25, 0.3) is 22.2 Å². The Bertz CT molecular complexity index is 1090. The maximum Gasteiger partial charge on any atom is 0.312 e. The van der Waals surface area contributed by atoms with Crippen molar-refractivity contribution < 1.29 is 14.3 Å². The molecule has 8 nitrogen and oxygen atoms in total. The molecule has 1 fully saturated rings. The lowest BCUT2D eigenvalue weighted by Crippen LogP contribution is -2.23. The molecule has 170 valence electrons. The number of carbonyl (C=O) groups excluding carboxylic acids is 2. The Morgan fingerprint density at radius 1 is 1.25 bits per heavy atom. The molecule has 8 heteroatoms. The van der Waals surface area contributed by atoms with E-state index in [1.165, 1.54) is 19.3 Å². The van der Waals surface area contributed by atoms with Crippen LogP contribution in [0.4, 0.5) is 0 Å². The van der Waals surface area contributed by atoms with Gasteiger partial charge in [0.2, 0.25) is 0 Å². The predicted molar refractivity (Wildman–Crippen MR) is 121 cm³/mol. The van der Waals surface area contributed by atoms with E-state index in [1.807, 2.05) is 50.1 Å². The Labute approximate surface area is 188 Å². The Morgan fingerprint density at radius 2 is 2.03 bits per heavy atom. The molecule has 0 aliphatic heterocycles. The highest BCUT2D eigenvalue weighted by atomic mass is 16.5. The quantitative estimate of drug-likeness (QED) is 0.398. The second-order valence-corrected chi connectivity index (χ2v) is 9.67. The normalized spacial score (nSPS) is 16.2. The van der Waals surface area contributed by atoms with Crippen LogP contribution in [0.3, 0.4) is 0 Å². The van der Waals surface area contributed by atoms with Gasteiger partial charge in [-0.2, -0.15) is 10.2 Å². The Morgan fingerprint density at radius 3 is 2.75 bits per heavy atom. The van der Waals surface area contributed by atoms with Crippen LogP contribution in [0.15, 0.2) is 30.9 Å². The Balaban J connectivity index is 1.59. The third-order valence-electron chi connectivity index (χ3n) is 6.29. The Kier molecular flexibility index (Phi) is 6.39. The van der Waals surface area contributed by atoms with E-state index in [-0.39, 0.29) is 18.7 Å². The van der Waals surface area contributed by atoms with Crippen LogP contribution < -0.4 is 0 Å². The smallest absolute Gasteiger partial charge is 0.312 e. The molecule has 0 amide bonds. The van der Waals surface area contributed by atoms with Crippen molar-refractivity contribution in [2.24, 2.45) is 11.3 Å². The summed E-state index contributed by atoms with van der Waals surface area (Å²) < 4.78 is 9.17. The summed E-state index contributed by atoms with van der Waals surface area (Å²) in [7, 11) is 0. The highest BCUT2D eigenvalue weighted by molar-refractivity contribution is 5.92. The van der Waals surface area contributed by atoms with Crippen LogP contribution in [0.2, 0.25) is 0 Å². The molecule has 32 heavy (non-hydrogen) atoms. The molecule has 0 bridgehead atoms. The molecule has 3 aromatic rings. The van der Waals surface area contributed by atoms with Crippen molar-refractivity contribution in [3.05, 3.63) is 30.9 Å². The number of aldehydes is 1. The zero-order valence-electron chi connectivity index (χ0n) is 19.0. The minimum absolute atomic E-state index is 0.0834. The summed E-state index contributed by atoms with van der Waals surface area (Å²) in [6, 6.07) is 2.04. The number of esters is 1. The van der Waals surface area contributed by atoms with E-state index in [4.69, 9.17) is 4.74 Å². The molecular formula is C24H31N5O3. The largest absolute Gasteiger partial charge is 0.443 e. The van der Waals surface area contributed by atoms with Crippen LogP contribution in [0.1, 0.15) is 65.3 Å². The molecule has 1 unspecified atom stereocenters. The van der Waals surface area contributed by atoms with Crippen molar-refractivity contribution in [2.75, 3.05) is 0 Å². The van der Waals surface area contributed by atoms with Crippen molar-refractivity contribution in [3.63, 3.8) is 0 Å². The van der Waals surface area contributed by atoms with E-state index in [1.54, 1.807) is 10.8 Å². The molecular weight excluding hydrogens is 406 g/mol. The maximum atomic E-state index is 12.1. The zero-order chi connectivity index (χ0) is 22.7. The maximum absolute atomic E-state index is 12.1. The van der Waals surface area contributed by atoms with E-state index in [0.717, 1.165) is 35.6 Å². The summed E-state index contributed by atoms with van der Waals surface area (Å²) in [4.78, 5) is 23.5. The molecule has 0 N–H and O–H groups in total. The summed E-state index contributed by atoms with van der Waals surface area (Å²) in [6.07, 6.45) is 14.9. The van der Waals surface area contributed by atoms with Gasteiger partial charge >= 0.3 is 5.97 Å². The highest BCUT2D eigenvalue weighted by Crippen LogP contribution is 2.35. The lowest BCUT2D eigenvalue weighted by Gasteiger charge is -2.29. The first-order valence-electron chi connectivity index (χ1n) is 11.3. The van der Waals surface area contributed by atoms with Gasteiger partial charge in [0, 0.05) is 35.3 Å². The van der Waals surface area contributed by atoms with Gasteiger partial charge in [0.1, 0.15) is 6.29 Å². The Hall–Kier alpha value is -3.03. The number of fused-ring (bicyclic) bond motifs is 1. The number of hydrogen-bond donors (Lipinski definition) is 0. The van der Waals surface area contributed by atoms with Crippen molar-refractivity contribution in [2.45, 2.75) is 72.1 Å². The fraction of sp³-hybridized carbons (Fsp3) is 0.542. The number of aromatic nitrogens is 5. The fourth-order valence-corrected chi connectivity index (χ4v) is 4.47. The molecule has 0 aromatic carbocycles. The van der Waals surface area contributed by atoms with Crippen molar-refractivity contribution >= 4 is 23.3 Å². The van der Waals surface area contributed by atoms with Crippen LogP contribution >= 0.6 is 0 Å². The summed E-state index contributed by atoms with van der Waals surface area (Å²) in [6.45, 7) is 5.55. The van der Waals surface area contributed by atoms with Crippen LogP contribution in [-0.4, -0.2) is 36.8 Å². The van der Waals surface area contributed by atoms with Gasteiger partial charge in [0.05, 0.1) is 23.9 Å². The summed E-state index contributed by atoms with van der Waals surface area (Å²) in [5, 5.41) is 14.0. The average Bonchev–Trinajstić information content (AvgIpc) is 3.43. The SMILES string of the molecule is CC(C)(C)C(=O)OCn1ccc2c(-c3cnn(C(CC=O)C4CCCCC4)c3)cnnc21. The van der Waals surface area contributed by atoms with Crippen LogP contribution in [-0.2, 0) is 21.1 Å². The highest BCUT2D eigenvalue weighted by Gasteiger charge is 2.26. The summed E-state index contributed by atoms with van der Waals surface area (Å²) in [5.41, 5.74) is 1.93. The molecule has 4 rings (SSSR count). The number of hydrogen-bond acceptors (Lipinski definition) is 6. The first-order valence-corrected chi connectivity index (χ1v) is 11.3. The van der Waals surface area contributed by atoms with Gasteiger partial charge in [-0.15, -0.1) is 5.10 Å². The van der Waals surface area contributed by atoms with Gasteiger partial charge in [0.25, 0.3) is 0 Å². The second-order valence-electron chi connectivity index (χ2n) is 9.67. The van der Waals surface area contributed by atoms with E-state index >= 15 is 0 Å². The van der Waals surface area contributed by atoms with Gasteiger partial charge in [-0.3, -0.25) is 14.0 Å².